The SMILES string of the molecule is CCC1=C(C(=O)OC)[C@H](c2ccccc2)n2c(s/c(=C\c3ccc(OCC(F)(F)F)cc3)c2=O)=N1. The second kappa shape index (κ2) is 9.91. The van der Waals surface area contributed by atoms with E-state index in [0.717, 1.165) is 5.56 Å². The van der Waals surface area contributed by atoms with Crippen LogP contribution in [0.1, 0.15) is 30.5 Å². The van der Waals surface area contributed by atoms with E-state index in [9.17, 15) is 22.8 Å². The van der Waals surface area contributed by atoms with Crippen LogP contribution in [0, 0.1) is 0 Å². The summed E-state index contributed by atoms with van der Waals surface area (Å²) in [6.45, 7) is 0.493. The summed E-state index contributed by atoms with van der Waals surface area (Å²) in [5.41, 5.74) is 1.87. The number of alkyl halides is 3. The van der Waals surface area contributed by atoms with Gasteiger partial charge in [-0.1, -0.05) is 60.7 Å². The summed E-state index contributed by atoms with van der Waals surface area (Å²) in [7, 11) is 1.29. The van der Waals surface area contributed by atoms with E-state index in [1.807, 2.05) is 37.3 Å². The molecule has 0 fully saturated rings. The number of hydrogen-bond donors (Lipinski definition) is 0. The first-order valence-corrected chi connectivity index (χ1v) is 11.5. The molecule has 2 heterocycles. The molecule has 0 aliphatic carbocycles. The molecule has 2 aromatic carbocycles. The number of esters is 1. The van der Waals surface area contributed by atoms with E-state index >= 15 is 0 Å². The molecule has 0 saturated heterocycles. The molecule has 6 nitrogen and oxygen atoms in total. The molecule has 1 aliphatic heterocycles. The molecule has 0 N–H and O–H groups in total. The van der Waals surface area contributed by atoms with Crippen LogP contribution < -0.4 is 19.6 Å². The van der Waals surface area contributed by atoms with Gasteiger partial charge in [-0.2, -0.15) is 13.2 Å². The summed E-state index contributed by atoms with van der Waals surface area (Å²) >= 11 is 1.18. The van der Waals surface area contributed by atoms with Gasteiger partial charge in [0.05, 0.1) is 29.0 Å². The Morgan fingerprint density at radius 1 is 1.14 bits per heavy atom. The predicted molar refractivity (Wildman–Crippen MR) is 125 cm³/mol. The molecule has 3 aromatic rings. The third-order valence-electron chi connectivity index (χ3n) is 5.35. The van der Waals surface area contributed by atoms with Crippen molar-refractivity contribution in [3.05, 3.63) is 96.7 Å². The summed E-state index contributed by atoms with van der Waals surface area (Å²) in [6, 6.07) is 14.4. The standard InChI is InChI=1S/C25H21F3N2O4S/c1-3-18-20(23(32)33-2)21(16-7-5-4-6-8-16)30-22(31)19(35-24(30)29-18)13-15-9-11-17(12-10-15)34-14-25(26,27)28/h4-13,21H,3,14H2,1-2H3/b19-13-/t21-/m0/s1. The van der Waals surface area contributed by atoms with Crippen LogP contribution >= 0.6 is 11.3 Å². The average molecular weight is 503 g/mol. The molecule has 0 unspecified atom stereocenters. The Labute approximate surface area is 202 Å². The summed E-state index contributed by atoms with van der Waals surface area (Å²) in [4.78, 5) is 31.3. The topological polar surface area (TPSA) is 69.9 Å². The minimum atomic E-state index is -4.43. The molecule has 4 rings (SSSR count). The molecule has 0 radical (unpaired) electrons. The van der Waals surface area contributed by atoms with Gasteiger partial charge in [0.1, 0.15) is 5.75 Å². The maximum absolute atomic E-state index is 13.5. The van der Waals surface area contributed by atoms with Gasteiger partial charge in [-0.25, -0.2) is 9.79 Å². The van der Waals surface area contributed by atoms with Gasteiger partial charge in [0.25, 0.3) is 5.56 Å². The van der Waals surface area contributed by atoms with Crippen molar-refractivity contribution in [1.82, 2.24) is 4.57 Å². The number of carbonyl (C=O) groups is 1. The predicted octanol–water partition coefficient (Wildman–Crippen LogP) is 3.74. The summed E-state index contributed by atoms with van der Waals surface area (Å²) in [5.74, 6) is -0.483. The number of halogens is 3. The number of ether oxygens (including phenoxy) is 2. The highest BCUT2D eigenvalue weighted by molar-refractivity contribution is 7.07. The fraction of sp³-hybridized carbons (Fsp3) is 0.240. The van der Waals surface area contributed by atoms with Gasteiger partial charge >= 0.3 is 12.1 Å². The lowest BCUT2D eigenvalue weighted by Gasteiger charge is -2.25. The number of carbonyl (C=O) groups excluding carboxylic acids is 1. The van der Waals surface area contributed by atoms with Gasteiger partial charge in [0.15, 0.2) is 11.4 Å². The normalized spacial score (nSPS) is 16.0. The molecular weight excluding hydrogens is 481 g/mol. The maximum Gasteiger partial charge on any atom is 0.422 e. The molecule has 35 heavy (non-hydrogen) atoms. The Bertz CT molecular complexity index is 1440. The van der Waals surface area contributed by atoms with Crippen molar-refractivity contribution in [2.75, 3.05) is 13.7 Å². The van der Waals surface area contributed by atoms with Crippen molar-refractivity contribution in [1.29, 1.82) is 0 Å². The summed E-state index contributed by atoms with van der Waals surface area (Å²) < 4.78 is 48.7. The smallest absolute Gasteiger partial charge is 0.422 e. The lowest BCUT2D eigenvalue weighted by molar-refractivity contribution is -0.153. The number of nitrogens with zero attached hydrogens (tertiary/aromatic N) is 2. The zero-order valence-electron chi connectivity index (χ0n) is 18.8. The fourth-order valence-electron chi connectivity index (χ4n) is 3.79. The molecule has 1 atom stereocenters. The highest BCUT2D eigenvalue weighted by atomic mass is 32.1. The zero-order chi connectivity index (χ0) is 25.2. The minimum absolute atomic E-state index is 0.0697. The largest absolute Gasteiger partial charge is 0.484 e. The Morgan fingerprint density at radius 3 is 2.43 bits per heavy atom. The Kier molecular flexibility index (Phi) is 6.93. The van der Waals surface area contributed by atoms with E-state index in [2.05, 4.69) is 4.99 Å². The van der Waals surface area contributed by atoms with Gasteiger partial charge in [-0.05, 0) is 35.8 Å². The van der Waals surface area contributed by atoms with Gasteiger partial charge in [0, 0.05) is 0 Å². The van der Waals surface area contributed by atoms with Crippen LogP contribution in [0.15, 0.2) is 75.7 Å². The number of allylic oxidation sites excluding steroid dienone is 1. The van der Waals surface area contributed by atoms with E-state index < -0.39 is 24.8 Å². The molecule has 0 amide bonds. The van der Waals surface area contributed by atoms with Crippen LogP contribution in [0.5, 0.6) is 5.75 Å². The number of methoxy groups -OCH3 is 1. The van der Waals surface area contributed by atoms with Crippen molar-refractivity contribution < 1.29 is 27.4 Å². The fourth-order valence-corrected chi connectivity index (χ4v) is 4.81. The van der Waals surface area contributed by atoms with E-state index in [1.165, 1.54) is 35.1 Å². The van der Waals surface area contributed by atoms with Crippen molar-refractivity contribution in [3.63, 3.8) is 0 Å². The minimum Gasteiger partial charge on any atom is -0.484 e. The molecule has 0 spiro atoms. The van der Waals surface area contributed by atoms with E-state index in [4.69, 9.17) is 9.47 Å². The Balaban J connectivity index is 1.80. The van der Waals surface area contributed by atoms with Crippen molar-refractivity contribution in [2.45, 2.75) is 25.6 Å². The number of fused-ring (bicyclic) bond motifs is 1. The molecule has 0 saturated carbocycles. The number of benzene rings is 2. The van der Waals surface area contributed by atoms with Gasteiger partial charge in [0.2, 0.25) is 0 Å². The monoisotopic (exact) mass is 502 g/mol. The quantitative estimate of drug-likeness (QED) is 0.482. The second-order valence-electron chi connectivity index (χ2n) is 7.67. The van der Waals surface area contributed by atoms with Crippen LogP contribution in [0.2, 0.25) is 0 Å². The third-order valence-corrected chi connectivity index (χ3v) is 6.33. The molecule has 1 aromatic heterocycles. The van der Waals surface area contributed by atoms with Crippen LogP contribution in [0.3, 0.4) is 0 Å². The number of rotatable bonds is 6. The van der Waals surface area contributed by atoms with Crippen LogP contribution in [-0.4, -0.2) is 30.4 Å². The van der Waals surface area contributed by atoms with E-state index in [-0.39, 0.29) is 11.3 Å². The molecule has 1 aliphatic rings. The second-order valence-corrected chi connectivity index (χ2v) is 8.68. The average Bonchev–Trinajstić information content (AvgIpc) is 3.16. The van der Waals surface area contributed by atoms with Crippen molar-refractivity contribution in [2.24, 2.45) is 4.99 Å². The van der Waals surface area contributed by atoms with E-state index in [0.29, 0.717) is 32.6 Å². The first-order chi connectivity index (χ1) is 16.7. The number of hydrogen-bond acceptors (Lipinski definition) is 6. The Morgan fingerprint density at radius 2 is 1.83 bits per heavy atom. The van der Waals surface area contributed by atoms with Crippen LogP contribution in [0.25, 0.3) is 6.08 Å². The lowest BCUT2D eigenvalue weighted by Crippen LogP contribution is -2.40. The zero-order valence-corrected chi connectivity index (χ0v) is 19.7. The first-order valence-electron chi connectivity index (χ1n) is 10.7. The van der Waals surface area contributed by atoms with Crippen LogP contribution in [0.4, 0.5) is 13.2 Å². The van der Waals surface area contributed by atoms with Crippen molar-refractivity contribution in [3.8, 4) is 5.75 Å². The number of aromatic nitrogens is 1. The maximum atomic E-state index is 13.5. The van der Waals surface area contributed by atoms with Gasteiger partial charge < -0.3 is 9.47 Å². The molecular formula is C25H21F3N2O4S. The summed E-state index contributed by atoms with van der Waals surface area (Å²) in [5, 5.41) is 0. The molecule has 182 valence electrons. The van der Waals surface area contributed by atoms with Gasteiger partial charge in [-0.15, -0.1) is 0 Å². The first kappa shape index (κ1) is 24.5. The highest BCUT2D eigenvalue weighted by Gasteiger charge is 2.33. The number of thiazole rings is 1. The van der Waals surface area contributed by atoms with Gasteiger partial charge in [-0.3, -0.25) is 9.36 Å². The highest BCUT2D eigenvalue weighted by Crippen LogP contribution is 2.31. The van der Waals surface area contributed by atoms with Crippen molar-refractivity contribution >= 4 is 23.4 Å². The molecule has 10 heteroatoms. The third kappa shape index (κ3) is 5.22. The summed E-state index contributed by atoms with van der Waals surface area (Å²) in [6.07, 6.45) is -2.33. The van der Waals surface area contributed by atoms with E-state index in [1.54, 1.807) is 18.2 Å². The lowest BCUT2D eigenvalue weighted by atomic mass is 9.95. The van der Waals surface area contributed by atoms with Crippen LogP contribution in [-0.2, 0) is 9.53 Å². The molecule has 0 bridgehead atoms. The Hall–Kier alpha value is -3.66.